The zero-order valence-corrected chi connectivity index (χ0v) is 12.6. The molecule has 0 bridgehead atoms. The SMILES string of the molecule is CCNCc1ccc(Sc2nc(C)cs2)c(C)c1. The van der Waals surface area contributed by atoms with E-state index in [9.17, 15) is 0 Å². The van der Waals surface area contributed by atoms with E-state index in [0.29, 0.717) is 0 Å². The third-order valence-corrected chi connectivity index (χ3v) is 4.85. The highest BCUT2D eigenvalue weighted by Crippen LogP contribution is 2.32. The second-order valence-electron chi connectivity index (χ2n) is 4.24. The zero-order chi connectivity index (χ0) is 13.0. The molecule has 0 amide bonds. The summed E-state index contributed by atoms with van der Waals surface area (Å²) in [5.41, 5.74) is 3.76. The number of nitrogens with one attached hydrogen (secondary N) is 1. The Morgan fingerprint density at radius 1 is 1.33 bits per heavy atom. The lowest BCUT2D eigenvalue weighted by atomic mass is 10.1. The number of thiazole rings is 1. The van der Waals surface area contributed by atoms with E-state index in [0.717, 1.165) is 23.1 Å². The first-order valence-corrected chi connectivity index (χ1v) is 7.79. The molecule has 0 saturated heterocycles. The topological polar surface area (TPSA) is 24.9 Å². The van der Waals surface area contributed by atoms with Crippen LogP contribution >= 0.6 is 23.1 Å². The predicted octanol–water partition coefficient (Wildman–Crippen LogP) is 4.02. The number of hydrogen-bond acceptors (Lipinski definition) is 4. The highest BCUT2D eigenvalue weighted by Gasteiger charge is 2.05. The molecule has 0 spiro atoms. The van der Waals surface area contributed by atoms with Gasteiger partial charge in [-0.2, -0.15) is 0 Å². The molecule has 0 aliphatic carbocycles. The van der Waals surface area contributed by atoms with Crippen molar-refractivity contribution >= 4 is 23.1 Å². The molecule has 2 nitrogen and oxygen atoms in total. The summed E-state index contributed by atoms with van der Waals surface area (Å²) in [5.74, 6) is 0. The summed E-state index contributed by atoms with van der Waals surface area (Å²) in [5, 5.41) is 5.44. The molecule has 2 rings (SSSR count). The highest BCUT2D eigenvalue weighted by atomic mass is 32.2. The number of nitrogens with zero attached hydrogens (tertiary/aromatic N) is 1. The van der Waals surface area contributed by atoms with Crippen LogP contribution in [0.25, 0.3) is 0 Å². The maximum Gasteiger partial charge on any atom is 0.154 e. The molecular weight excluding hydrogens is 260 g/mol. The van der Waals surface area contributed by atoms with E-state index in [1.165, 1.54) is 16.0 Å². The first-order valence-electron chi connectivity index (χ1n) is 6.09. The summed E-state index contributed by atoms with van der Waals surface area (Å²) >= 11 is 3.47. The Kier molecular flexibility index (Phi) is 4.80. The molecule has 0 aliphatic rings. The molecule has 1 aromatic carbocycles. The molecular formula is C14H18N2S2. The maximum absolute atomic E-state index is 4.49. The zero-order valence-electron chi connectivity index (χ0n) is 11.0. The van der Waals surface area contributed by atoms with Gasteiger partial charge in [0.05, 0.1) is 0 Å². The largest absolute Gasteiger partial charge is 0.313 e. The fourth-order valence-corrected chi connectivity index (χ4v) is 3.54. The van der Waals surface area contributed by atoms with E-state index in [2.05, 4.69) is 47.7 Å². The number of aromatic nitrogens is 1. The van der Waals surface area contributed by atoms with Gasteiger partial charge in [-0.1, -0.05) is 30.8 Å². The van der Waals surface area contributed by atoms with Crippen LogP contribution in [0.3, 0.4) is 0 Å². The van der Waals surface area contributed by atoms with Crippen molar-refractivity contribution in [3.63, 3.8) is 0 Å². The lowest BCUT2D eigenvalue weighted by molar-refractivity contribution is 0.726. The summed E-state index contributed by atoms with van der Waals surface area (Å²) in [4.78, 5) is 5.78. The van der Waals surface area contributed by atoms with Crippen LogP contribution in [0.5, 0.6) is 0 Å². The van der Waals surface area contributed by atoms with Crippen LogP contribution in [0.2, 0.25) is 0 Å². The van der Waals surface area contributed by atoms with E-state index < -0.39 is 0 Å². The molecule has 0 fully saturated rings. The van der Waals surface area contributed by atoms with E-state index >= 15 is 0 Å². The maximum atomic E-state index is 4.49. The molecule has 2 aromatic rings. The molecule has 0 atom stereocenters. The Balaban J connectivity index is 2.09. The quantitative estimate of drug-likeness (QED) is 0.894. The third-order valence-electron chi connectivity index (χ3n) is 2.61. The minimum atomic E-state index is 0.943. The Labute approximate surface area is 117 Å². The molecule has 96 valence electrons. The average Bonchev–Trinajstić information content (AvgIpc) is 2.75. The fraction of sp³-hybridized carbons (Fsp3) is 0.357. The first kappa shape index (κ1) is 13.6. The van der Waals surface area contributed by atoms with Crippen molar-refractivity contribution in [2.24, 2.45) is 0 Å². The Bertz CT molecular complexity index is 520. The fourth-order valence-electron chi connectivity index (χ4n) is 1.68. The van der Waals surface area contributed by atoms with Gasteiger partial charge in [0.15, 0.2) is 4.34 Å². The van der Waals surface area contributed by atoms with Crippen molar-refractivity contribution < 1.29 is 0 Å². The van der Waals surface area contributed by atoms with Crippen molar-refractivity contribution in [1.29, 1.82) is 0 Å². The second-order valence-corrected chi connectivity index (χ2v) is 6.38. The predicted molar refractivity (Wildman–Crippen MR) is 79.5 cm³/mol. The van der Waals surface area contributed by atoms with Crippen LogP contribution in [0.1, 0.15) is 23.7 Å². The minimum absolute atomic E-state index is 0.943. The van der Waals surface area contributed by atoms with Crippen LogP contribution in [-0.4, -0.2) is 11.5 Å². The Morgan fingerprint density at radius 2 is 2.17 bits per heavy atom. The molecule has 18 heavy (non-hydrogen) atoms. The monoisotopic (exact) mass is 278 g/mol. The lowest BCUT2D eigenvalue weighted by Gasteiger charge is -2.07. The molecule has 4 heteroatoms. The molecule has 0 radical (unpaired) electrons. The van der Waals surface area contributed by atoms with Gasteiger partial charge in [0.1, 0.15) is 0 Å². The van der Waals surface area contributed by atoms with E-state index in [1.54, 1.807) is 23.1 Å². The third kappa shape index (κ3) is 3.57. The van der Waals surface area contributed by atoms with Crippen LogP contribution in [0.4, 0.5) is 0 Å². The number of benzene rings is 1. The summed E-state index contributed by atoms with van der Waals surface area (Å²) in [7, 11) is 0. The van der Waals surface area contributed by atoms with Gasteiger partial charge in [-0.15, -0.1) is 11.3 Å². The second kappa shape index (κ2) is 6.36. The Hall–Kier alpha value is -0.840. The smallest absolute Gasteiger partial charge is 0.154 e. The normalized spacial score (nSPS) is 10.8. The number of aryl methyl sites for hydroxylation is 2. The number of rotatable bonds is 5. The average molecular weight is 278 g/mol. The van der Waals surface area contributed by atoms with Crippen molar-refractivity contribution in [2.75, 3.05) is 6.54 Å². The van der Waals surface area contributed by atoms with Gasteiger partial charge in [-0.3, -0.25) is 0 Å². The van der Waals surface area contributed by atoms with Crippen molar-refractivity contribution in [2.45, 2.75) is 36.6 Å². The van der Waals surface area contributed by atoms with Crippen molar-refractivity contribution in [3.8, 4) is 0 Å². The minimum Gasteiger partial charge on any atom is -0.313 e. The first-order chi connectivity index (χ1) is 8.69. The van der Waals surface area contributed by atoms with Crippen LogP contribution in [0.15, 0.2) is 32.8 Å². The van der Waals surface area contributed by atoms with Crippen LogP contribution < -0.4 is 5.32 Å². The summed E-state index contributed by atoms with van der Waals surface area (Å²) in [6.45, 7) is 8.28. The van der Waals surface area contributed by atoms with Crippen molar-refractivity contribution in [1.82, 2.24) is 10.3 Å². The molecule has 1 heterocycles. The van der Waals surface area contributed by atoms with Gasteiger partial charge in [0, 0.05) is 22.5 Å². The standard InChI is InChI=1S/C14H18N2S2/c1-4-15-8-12-5-6-13(10(2)7-12)18-14-16-11(3)9-17-14/h5-7,9,15H,4,8H2,1-3H3. The van der Waals surface area contributed by atoms with Crippen LogP contribution in [0, 0.1) is 13.8 Å². The molecule has 1 aromatic heterocycles. The molecule has 0 unspecified atom stereocenters. The number of hydrogen-bond donors (Lipinski definition) is 1. The van der Waals surface area contributed by atoms with Crippen molar-refractivity contribution in [3.05, 3.63) is 40.4 Å². The van der Waals surface area contributed by atoms with E-state index in [-0.39, 0.29) is 0 Å². The van der Waals surface area contributed by atoms with Gasteiger partial charge >= 0.3 is 0 Å². The highest BCUT2D eigenvalue weighted by molar-refractivity contribution is 8.01. The van der Waals surface area contributed by atoms with Gasteiger partial charge in [0.2, 0.25) is 0 Å². The Morgan fingerprint density at radius 3 is 2.78 bits per heavy atom. The van der Waals surface area contributed by atoms with E-state index in [1.807, 2.05) is 6.92 Å². The molecule has 0 saturated carbocycles. The van der Waals surface area contributed by atoms with Gasteiger partial charge < -0.3 is 5.32 Å². The summed E-state index contributed by atoms with van der Waals surface area (Å²) < 4.78 is 1.12. The summed E-state index contributed by atoms with van der Waals surface area (Å²) in [6.07, 6.45) is 0. The van der Waals surface area contributed by atoms with E-state index in [4.69, 9.17) is 0 Å². The van der Waals surface area contributed by atoms with Gasteiger partial charge in [0.25, 0.3) is 0 Å². The van der Waals surface area contributed by atoms with Gasteiger partial charge in [-0.05, 0) is 37.6 Å². The lowest BCUT2D eigenvalue weighted by Crippen LogP contribution is -2.11. The molecule has 0 aliphatic heterocycles. The van der Waals surface area contributed by atoms with Gasteiger partial charge in [-0.25, -0.2) is 4.98 Å². The van der Waals surface area contributed by atoms with Crippen LogP contribution in [-0.2, 0) is 6.54 Å². The molecule has 1 N–H and O–H groups in total. The summed E-state index contributed by atoms with van der Waals surface area (Å²) in [6, 6.07) is 6.65.